The van der Waals surface area contributed by atoms with Gasteiger partial charge in [0.2, 0.25) is 5.91 Å². The van der Waals surface area contributed by atoms with Crippen LogP contribution >= 0.6 is 0 Å². The van der Waals surface area contributed by atoms with Crippen molar-refractivity contribution in [1.82, 2.24) is 10.2 Å². The first kappa shape index (κ1) is 20.7. The molecule has 1 heterocycles. The molecule has 1 aliphatic heterocycles. The molecule has 0 saturated carbocycles. The van der Waals surface area contributed by atoms with Gasteiger partial charge in [0.25, 0.3) is 0 Å². The normalized spacial score (nSPS) is 24.8. The van der Waals surface area contributed by atoms with E-state index in [0.29, 0.717) is 6.54 Å². The van der Waals surface area contributed by atoms with Gasteiger partial charge >= 0.3 is 6.09 Å². The molecule has 1 rings (SSSR count). The number of rotatable bonds is 4. The SMILES string of the molecule is CO[C@@H]1CN(C(=O)OC(C)(C)C)[C@H](C(=O)NCCC(C)(C)C)[C@H]1F. The molecule has 140 valence electrons. The van der Waals surface area contributed by atoms with Crippen LogP contribution in [0, 0.1) is 5.41 Å². The molecule has 2 amide bonds. The molecule has 1 N–H and O–H groups in total. The summed E-state index contributed by atoms with van der Waals surface area (Å²) in [5.74, 6) is -0.517. The highest BCUT2D eigenvalue weighted by Gasteiger charge is 2.49. The minimum Gasteiger partial charge on any atom is -0.444 e. The van der Waals surface area contributed by atoms with Crippen LogP contribution in [0.3, 0.4) is 0 Å². The van der Waals surface area contributed by atoms with Crippen molar-refractivity contribution in [3.63, 3.8) is 0 Å². The number of hydrogen-bond acceptors (Lipinski definition) is 4. The number of nitrogens with one attached hydrogen (secondary N) is 1. The van der Waals surface area contributed by atoms with Gasteiger partial charge in [0.05, 0.1) is 6.54 Å². The van der Waals surface area contributed by atoms with Crippen LogP contribution in [0.15, 0.2) is 0 Å². The zero-order valence-electron chi connectivity index (χ0n) is 15.8. The highest BCUT2D eigenvalue weighted by molar-refractivity contribution is 5.87. The molecule has 7 heteroatoms. The van der Waals surface area contributed by atoms with E-state index >= 15 is 0 Å². The average molecular weight is 346 g/mol. The zero-order chi connectivity index (χ0) is 18.7. The van der Waals surface area contributed by atoms with Gasteiger partial charge in [-0.2, -0.15) is 0 Å². The number of methoxy groups -OCH3 is 1. The monoisotopic (exact) mass is 346 g/mol. The van der Waals surface area contributed by atoms with E-state index in [2.05, 4.69) is 26.1 Å². The van der Waals surface area contributed by atoms with Crippen LogP contribution < -0.4 is 5.32 Å². The van der Waals surface area contributed by atoms with Crippen LogP contribution in [0.25, 0.3) is 0 Å². The highest BCUT2D eigenvalue weighted by Crippen LogP contribution is 2.26. The molecule has 0 aromatic carbocycles. The van der Waals surface area contributed by atoms with Gasteiger partial charge in [-0.1, -0.05) is 20.8 Å². The second-order valence-corrected chi connectivity index (χ2v) is 8.40. The Labute approximate surface area is 144 Å². The largest absolute Gasteiger partial charge is 0.444 e. The van der Waals surface area contributed by atoms with E-state index in [9.17, 15) is 14.0 Å². The van der Waals surface area contributed by atoms with E-state index in [4.69, 9.17) is 9.47 Å². The number of hydrogen-bond donors (Lipinski definition) is 1. The molecule has 3 atom stereocenters. The third kappa shape index (κ3) is 5.92. The number of amides is 2. The Morgan fingerprint density at radius 1 is 1.21 bits per heavy atom. The summed E-state index contributed by atoms with van der Waals surface area (Å²) in [6, 6.07) is -1.23. The first-order valence-corrected chi connectivity index (χ1v) is 8.30. The topological polar surface area (TPSA) is 67.9 Å². The van der Waals surface area contributed by atoms with E-state index in [1.807, 2.05) is 0 Å². The minimum atomic E-state index is -1.59. The molecule has 0 aliphatic carbocycles. The van der Waals surface area contributed by atoms with Gasteiger partial charge in [-0.3, -0.25) is 9.69 Å². The summed E-state index contributed by atoms with van der Waals surface area (Å²) in [4.78, 5) is 25.9. The number of alkyl halides is 1. The van der Waals surface area contributed by atoms with E-state index in [1.165, 1.54) is 7.11 Å². The number of likely N-dealkylation sites (tertiary alicyclic amines) is 1. The quantitative estimate of drug-likeness (QED) is 0.849. The fraction of sp³-hybridized carbons (Fsp3) is 0.882. The van der Waals surface area contributed by atoms with Crippen molar-refractivity contribution in [2.45, 2.75) is 71.9 Å². The Hall–Kier alpha value is -1.37. The molecule has 0 unspecified atom stereocenters. The molecule has 0 spiro atoms. The van der Waals surface area contributed by atoms with Crippen molar-refractivity contribution < 1.29 is 23.5 Å². The summed E-state index contributed by atoms with van der Waals surface area (Å²) in [5.41, 5.74) is -0.667. The van der Waals surface area contributed by atoms with Crippen molar-refractivity contribution in [3.8, 4) is 0 Å². The van der Waals surface area contributed by atoms with E-state index < -0.39 is 35.9 Å². The molecule has 24 heavy (non-hydrogen) atoms. The van der Waals surface area contributed by atoms with Crippen LogP contribution in [0.2, 0.25) is 0 Å². The Bertz CT molecular complexity index is 456. The van der Waals surface area contributed by atoms with E-state index in [0.717, 1.165) is 11.3 Å². The fourth-order valence-electron chi connectivity index (χ4n) is 2.45. The van der Waals surface area contributed by atoms with E-state index in [-0.39, 0.29) is 12.0 Å². The standard InChI is InChI=1S/C17H31FN2O4/c1-16(2,3)8-9-19-14(21)13-12(18)11(23-7)10-20(13)15(22)24-17(4,5)6/h11-13H,8-10H2,1-7H3,(H,19,21)/t11-,12+,13+/m1/s1. The predicted octanol–water partition coefficient (Wildman–Crippen LogP) is 2.51. The highest BCUT2D eigenvalue weighted by atomic mass is 19.1. The van der Waals surface area contributed by atoms with Crippen LogP contribution in [0.4, 0.5) is 9.18 Å². The summed E-state index contributed by atoms with van der Waals surface area (Å²) in [7, 11) is 1.37. The molecule has 6 nitrogen and oxygen atoms in total. The van der Waals surface area contributed by atoms with Crippen molar-refractivity contribution in [3.05, 3.63) is 0 Å². The predicted molar refractivity (Wildman–Crippen MR) is 89.5 cm³/mol. The van der Waals surface area contributed by atoms with Gasteiger partial charge in [-0.05, 0) is 32.6 Å². The van der Waals surface area contributed by atoms with Crippen molar-refractivity contribution in [1.29, 1.82) is 0 Å². The van der Waals surface area contributed by atoms with Gasteiger partial charge in [-0.25, -0.2) is 9.18 Å². The van der Waals surface area contributed by atoms with Gasteiger partial charge in [-0.15, -0.1) is 0 Å². The Morgan fingerprint density at radius 3 is 2.25 bits per heavy atom. The van der Waals surface area contributed by atoms with Gasteiger partial charge in [0.15, 0.2) is 6.17 Å². The summed E-state index contributed by atoms with van der Waals surface area (Å²) in [6.07, 6.45) is -2.38. The maximum absolute atomic E-state index is 14.6. The summed E-state index contributed by atoms with van der Waals surface area (Å²) >= 11 is 0. The number of ether oxygens (including phenoxy) is 2. The smallest absolute Gasteiger partial charge is 0.411 e. The first-order chi connectivity index (χ1) is 10.9. The lowest BCUT2D eigenvalue weighted by atomic mass is 9.92. The third-order valence-electron chi connectivity index (χ3n) is 3.74. The summed E-state index contributed by atoms with van der Waals surface area (Å²) < 4.78 is 24.9. The number of carbonyl (C=O) groups excluding carboxylic acids is 2. The van der Waals surface area contributed by atoms with Crippen molar-refractivity contribution in [2.24, 2.45) is 5.41 Å². The third-order valence-corrected chi connectivity index (χ3v) is 3.74. The number of nitrogens with zero attached hydrogens (tertiary/aromatic N) is 1. The van der Waals surface area contributed by atoms with Crippen LogP contribution in [-0.4, -0.2) is 61.0 Å². The molecule has 0 aromatic rings. The lowest BCUT2D eigenvalue weighted by molar-refractivity contribution is -0.127. The lowest BCUT2D eigenvalue weighted by Crippen LogP contribution is -2.51. The maximum atomic E-state index is 14.6. The second-order valence-electron chi connectivity index (χ2n) is 8.40. The molecule has 0 bridgehead atoms. The summed E-state index contributed by atoms with van der Waals surface area (Å²) in [5, 5.41) is 2.72. The molecule has 0 aromatic heterocycles. The Morgan fingerprint density at radius 2 is 1.79 bits per heavy atom. The van der Waals surface area contributed by atoms with Crippen LogP contribution in [0.1, 0.15) is 48.0 Å². The second kappa shape index (κ2) is 7.68. The average Bonchev–Trinajstić information content (AvgIpc) is 2.72. The zero-order valence-corrected chi connectivity index (χ0v) is 15.8. The number of carbonyl (C=O) groups is 2. The number of halogens is 1. The molecule has 1 fully saturated rings. The fourth-order valence-corrected chi connectivity index (χ4v) is 2.45. The molecule has 0 radical (unpaired) electrons. The Kier molecular flexibility index (Phi) is 6.61. The summed E-state index contributed by atoms with van der Waals surface area (Å²) in [6.45, 7) is 11.7. The molecular formula is C17H31FN2O4. The molecule has 1 aliphatic rings. The minimum absolute atomic E-state index is 0.00998. The Balaban J connectivity index is 2.81. The van der Waals surface area contributed by atoms with Crippen LogP contribution in [0.5, 0.6) is 0 Å². The van der Waals surface area contributed by atoms with Crippen molar-refractivity contribution in [2.75, 3.05) is 20.2 Å². The van der Waals surface area contributed by atoms with Crippen LogP contribution in [-0.2, 0) is 14.3 Å². The molecular weight excluding hydrogens is 315 g/mol. The molecule has 1 saturated heterocycles. The lowest BCUT2D eigenvalue weighted by Gasteiger charge is -2.28. The van der Waals surface area contributed by atoms with Gasteiger partial charge in [0, 0.05) is 13.7 Å². The first-order valence-electron chi connectivity index (χ1n) is 8.30. The van der Waals surface area contributed by atoms with Crippen molar-refractivity contribution >= 4 is 12.0 Å². The van der Waals surface area contributed by atoms with Gasteiger partial charge < -0.3 is 14.8 Å². The van der Waals surface area contributed by atoms with Gasteiger partial charge in [0.1, 0.15) is 17.7 Å². The maximum Gasteiger partial charge on any atom is 0.411 e. The van der Waals surface area contributed by atoms with E-state index in [1.54, 1.807) is 20.8 Å².